The number of amides is 1. The number of carbonyl (C=O) groups is 1. The first kappa shape index (κ1) is 21.2. The second kappa shape index (κ2) is 8.61. The maximum atomic E-state index is 12.7. The number of imidazole rings is 1. The number of hydrogen-bond acceptors (Lipinski definition) is 4. The average Bonchev–Trinajstić information content (AvgIpc) is 3.32. The highest BCUT2D eigenvalue weighted by atomic mass is 16.5. The number of fused-ring (bicyclic) bond motifs is 1. The molecule has 0 N–H and O–H groups in total. The van der Waals surface area contributed by atoms with E-state index >= 15 is 0 Å². The summed E-state index contributed by atoms with van der Waals surface area (Å²) in [6.07, 6.45) is 1.36. The summed E-state index contributed by atoms with van der Waals surface area (Å²) in [5.74, 6) is 2.91. The molecule has 0 aliphatic carbocycles. The topological polar surface area (TPSA) is 56.6 Å². The number of hydrogen-bond donors (Lipinski definition) is 0. The third kappa shape index (κ3) is 4.53. The number of benzene rings is 2. The highest BCUT2D eigenvalue weighted by Crippen LogP contribution is 2.34. The van der Waals surface area contributed by atoms with Crippen LogP contribution in [0.2, 0.25) is 0 Å². The van der Waals surface area contributed by atoms with Crippen LogP contribution in [-0.4, -0.2) is 46.2 Å². The van der Waals surface area contributed by atoms with E-state index in [2.05, 4.69) is 31.4 Å². The molecule has 1 saturated heterocycles. The molecule has 0 spiro atoms. The second-order valence-corrected chi connectivity index (χ2v) is 9.07. The van der Waals surface area contributed by atoms with Gasteiger partial charge < -0.3 is 18.9 Å². The fourth-order valence-electron chi connectivity index (χ4n) is 4.27. The van der Waals surface area contributed by atoms with E-state index < -0.39 is 0 Å². The number of aromatic nitrogens is 2. The molecule has 0 bridgehead atoms. The molecule has 1 aliphatic heterocycles. The molecule has 1 aliphatic rings. The van der Waals surface area contributed by atoms with Crippen LogP contribution in [0.25, 0.3) is 11.0 Å². The van der Waals surface area contributed by atoms with E-state index in [9.17, 15) is 4.79 Å². The minimum absolute atomic E-state index is 0.110. The molecule has 3 aromatic rings. The van der Waals surface area contributed by atoms with Crippen LogP contribution in [0.4, 0.5) is 0 Å². The van der Waals surface area contributed by atoms with Crippen molar-refractivity contribution >= 4 is 16.9 Å². The number of nitrogens with zero attached hydrogens (tertiary/aromatic N) is 3. The molecule has 0 unspecified atom stereocenters. The van der Waals surface area contributed by atoms with Gasteiger partial charge in [0.25, 0.3) is 0 Å². The first-order valence-corrected chi connectivity index (χ1v) is 10.9. The van der Waals surface area contributed by atoms with E-state index in [4.69, 9.17) is 14.5 Å². The molecule has 1 fully saturated rings. The van der Waals surface area contributed by atoms with Crippen LogP contribution < -0.4 is 9.47 Å². The van der Waals surface area contributed by atoms with Crippen molar-refractivity contribution in [1.29, 1.82) is 0 Å². The molecule has 164 valence electrons. The Morgan fingerprint density at radius 3 is 2.61 bits per heavy atom. The molecule has 6 nitrogen and oxygen atoms in total. The average molecular weight is 422 g/mol. The van der Waals surface area contributed by atoms with Gasteiger partial charge in [-0.15, -0.1) is 0 Å². The fourth-order valence-corrected chi connectivity index (χ4v) is 4.27. The Bertz CT molecular complexity index is 1070. The zero-order valence-corrected chi connectivity index (χ0v) is 18.8. The Balaban J connectivity index is 1.50. The van der Waals surface area contributed by atoms with Crippen molar-refractivity contribution in [2.24, 2.45) is 0 Å². The van der Waals surface area contributed by atoms with Crippen molar-refractivity contribution in [1.82, 2.24) is 14.5 Å². The predicted octanol–water partition coefficient (Wildman–Crippen LogP) is 4.63. The van der Waals surface area contributed by atoms with Crippen molar-refractivity contribution in [3.8, 4) is 11.5 Å². The van der Waals surface area contributed by atoms with Crippen molar-refractivity contribution in [3.63, 3.8) is 0 Å². The summed E-state index contributed by atoms with van der Waals surface area (Å²) in [4.78, 5) is 19.6. The summed E-state index contributed by atoms with van der Waals surface area (Å²) < 4.78 is 13.5. The van der Waals surface area contributed by atoms with Crippen molar-refractivity contribution < 1.29 is 14.3 Å². The normalized spacial score (nSPS) is 16.8. The maximum absolute atomic E-state index is 12.7. The number of aryl methyl sites for hydroxylation is 1. The molecular formula is C25H31N3O3. The molecule has 2 aromatic carbocycles. The second-order valence-electron chi connectivity index (χ2n) is 9.07. The van der Waals surface area contributed by atoms with Gasteiger partial charge in [0.2, 0.25) is 5.91 Å². The number of carbonyl (C=O) groups excluding carboxylic acids is 1. The highest BCUT2D eigenvalue weighted by Gasteiger charge is 2.38. The Hall–Kier alpha value is -3.02. The smallest absolute Gasteiger partial charge is 0.223 e. The minimum Gasteiger partial charge on any atom is -0.497 e. The molecule has 2 heterocycles. The third-order valence-electron chi connectivity index (χ3n) is 5.82. The van der Waals surface area contributed by atoms with E-state index in [-0.39, 0.29) is 17.4 Å². The highest BCUT2D eigenvalue weighted by molar-refractivity contribution is 5.81. The number of ether oxygens (including phenoxy) is 2. The number of likely N-dealkylation sites (tertiary alicyclic amines) is 1. The van der Waals surface area contributed by atoms with Gasteiger partial charge >= 0.3 is 0 Å². The van der Waals surface area contributed by atoms with Gasteiger partial charge in [0.05, 0.1) is 24.8 Å². The molecule has 1 aromatic heterocycles. The number of methoxy groups -OCH3 is 1. The molecule has 1 amide bonds. The minimum atomic E-state index is -0.173. The summed E-state index contributed by atoms with van der Waals surface area (Å²) >= 11 is 0. The van der Waals surface area contributed by atoms with Gasteiger partial charge in [-0.1, -0.05) is 18.2 Å². The van der Waals surface area contributed by atoms with Crippen molar-refractivity contribution in [2.75, 3.05) is 20.3 Å². The quantitative estimate of drug-likeness (QED) is 0.522. The molecule has 0 saturated carbocycles. The lowest BCUT2D eigenvalue weighted by atomic mass is 10.1. The monoisotopic (exact) mass is 421 g/mol. The van der Waals surface area contributed by atoms with Crippen LogP contribution in [0.15, 0.2) is 48.5 Å². The Kier molecular flexibility index (Phi) is 5.90. The largest absolute Gasteiger partial charge is 0.497 e. The van der Waals surface area contributed by atoms with Crippen LogP contribution in [0, 0.1) is 0 Å². The first-order valence-electron chi connectivity index (χ1n) is 10.9. The summed E-state index contributed by atoms with van der Waals surface area (Å²) in [5, 5.41) is 0. The fraction of sp³-hybridized carbons (Fsp3) is 0.440. The Labute approximate surface area is 183 Å². The van der Waals surface area contributed by atoms with Gasteiger partial charge in [-0.25, -0.2) is 4.98 Å². The molecule has 1 atom stereocenters. The van der Waals surface area contributed by atoms with Crippen molar-refractivity contribution in [2.45, 2.75) is 51.6 Å². The van der Waals surface area contributed by atoms with E-state index in [1.165, 1.54) is 0 Å². The molecule has 0 radical (unpaired) electrons. The summed E-state index contributed by atoms with van der Waals surface area (Å²) in [6, 6.07) is 15.9. The summed E-state index contributed by atoms with van der Waals surface area (Å²) in [7, 11) is 1.65. The third-order valence-corrected chi connectivity index (χ3v) is 5.82. The Morgan fingerprint density at radius 1 is 1.10 bits per heavy atom. The Morgan fingerprint density at radius 2 is 1.87 bits per heavy atom. The summed E-state index contributed by atoms with van der Waals surface area (Å²) in [5.41, 5.74) is 1.92. The molecule has 31 heavy (non-hydrogen) atoms. The number of rotatable bonds is 7. The van der Waals surface area contributed by atoms with Crippen LogP contribution in [0.5, 0.6) is 11.5 Å². The molecular weight excluding hydrogens is 390 g/mol. The first-order chi connectivity index (χ1) is 14.9. The molecule has 6 heteroatoms. The lowest BCUT2D eigenvalue weighted by molar-refractivity contribution is -0.131. The molecule has 4 rings (SSSR count). The van der Waals surface area contributed by atoms with E-state index in [0.29, 0.717) is 19.6 Å². The van der Waals surface area contributed by atoms with E-state index in [0.717, 1.165) is 41.3 Å². The van der Waals surface area contributed by atoms with Crippen LogP contribution in [0.1, 0.15) is 45.4 Å². The van der Waals surface area contributed by atoms with Crippen molar-refractivity contribution in [3.05, 3.63) is 54.4 Å². The van der Waals surface area contributed by atoms with Gasteiger partial charge in [0.15, 0.2) is 0 Å². The lowest BCUT2D eigenvalue weighted by Gasteiger charge is -2.32. The zero-order valence-electron chi connectivity index (χ0n) is 18.8. The van der Waals surface area contributed by atoms with Gasteiger partial charge in [-0.05, 0) is 51.5 Å². The van der Waals surface area contributed by atoms with Gasteiger partial charge in [0, 0.05) is 37.0 Å². The van der Waals surface area contributed by atoms with E-state index in [1.54, 1.807) is 7.11 Å². The van der Waals surface area contributed by atoms with Gasteiger partial charge in [0.1, 0.15) is 17.3 Å². The van der Waals surface area contributed by atoms with E-state index in [1.807, 2.05) is 47.4 Å². The standard InChI is InChI=1S/C25H31N3O3/c1-25(2,3)28-17-18(15-23(28)29)24-26-21-11-5-6-12-22(21)27(24)13-8-14-31-20-10-7-9-19(16-20)30-4/h5-7,9-12,16,18H,8,13-15,17H2,1-4H3/t18-/m0/s1. The lowest BCUT2D eigenvalue weighted by Crippen LogP contribution is -2.42. The predicted molar refractivity (Wildman–Crippen MR) is 122 cm³/mol. The van der Waals surface area contributed by atoms with Crippen LogP contribution in [-0.2, 0) is 11.3 Å². The summed E-state index contributed by atoms with van der Waals surface area (Å²) in [6.45, 7) is 8.37. The van der Waals surface area contributed by atoms with Gasteiger partial charge in [-0.2, -0.15) is 0 Å². The SMILES string of the molecule is COc1cccc(OCCCn2c([C@H]3CC(=O)N(C(C)(C)C)C3)nc3ccccc32)c1. The van der Waals surface area contributed by atoms with Gasteiger partial charge in [-0.3, -0.25) is 4.79 Å². The number of para-hydroxylation sites is 2. The zero-order chi connectivity index (χ0) is 22.0. The van der Waals surface area contributed by atoms with Crippen LogP contribution in [0.3, 0.4) is 0 Å². The maximum Gasteiger partial charge on any atom is 0.223 e. The van der Waals surface area contributed by atoms with Crippen LogP contribution >= 0.6 is 0 Å².